The van der Waals surface area contributed by atoms with E-state index in [1.807, 2.05) is 24.4 Å². The van der Waals surface area contributed by atoms with Gasteiger partial charge in [0, 0.05) is 17.3 Å². The highest BCUT2D eigenvalue weighted by atomic mass is 32.1. The first-order chi connectivity index (χ1) is 9.47. The smallest absolute Gasteiger partial charge is 0.322 e. The van der Waals surface area contributed by atoms with Gasteiger partial charge in [0.2, 0.25) is 5.91 Å². The van der Waals surface area contributed by atoms with Gasteiger partial charge in [0.25, 0.3) is 0 Å². The summed E-state index contributed by atoms with van der Waals surface area (Å²) < 4.78 is 0. The van der Waals surface area contributed by atoms with Crippen LogP contribution in [0.4, 0.5) is 4.79 Å². The van der Waals surface area contributed by atoms with Gasteiger partial charge in [-0.15, -0.1) is 11.3 Å². The van der Waals surface area contributed by atoms with Crippen molar-refractivity contribution in [2.75, 3.05) is 13.1 Å². The second-order valence-corrected chi connectivity index (χ2v) is 5.21. The van der Waals surface area contributed by atoms with Crippen LogP contribution in [0.25, 0.3) is 0 Å². The average molecular weight is 299 g/mol. The lowest BCUT2D eigenvalue weighted by atomic mass is 10.2. The predicted molar refractivity (Wildman–Crippen MR) is 74.7 cm³/mol. The summed E-state index contributed by atoms with van der Waals surface area (Å²) in [5, 5.41) is 17.5. The van der Waals surface area contributed by atoms with Gasteiger partial charge in [-0.25, -0.2) is 4.79 Å². The molecule has 4 N–H and O–H groups in total. The summed E-state index contributed by atoms with van der Waals surface area (Å²) in [6.45, 7) is 1.14. The number of hydrogen-bond donors (Lipinski definition) is 4. The lowest BCUT2D eigenvalue weighted by Gasteiger charge is -2.13. The monoisotopic (exact) mass is 299 g/mol. The van der Waals surface area contributed by atoms with Crippen molar-refractivity contribution in [2.45, 2.75) is 19.4 Å². The summed E-state index contributed by atoms with van der Waals surface area (Å²) in [5.74, 6) is -1.68. The summed E-state index contributed by atoms with van der Waals surface area (Å²) in [6.07, 6.45) is 0.719. The predicted octanol–water partition coefficient (Wildman–Crippen LogP) is 0.179. The number of nitrogens with one attached hydrogen (secondary N) is 3. The molecule has 8 heteroatoms. The lowest BCUT2D eigenvalue weighted by Crippen LogP contribution is -2.46. The van der Waals surface area contributed by atoms with Gasteiger partial charge >= 0.3 is 12.0 Å². The van der Waals surface area contributed by atoms with Crippen molar-refractivity contribution in [2.24, 2.45) is 0 Å². The maximum atomic E-state index is 11.5. The van der Waals surface area contributed by atoms with Crippen LogP contribution >= 0.6 is 11.3 Å². The van der Waals surface area contributed by atoms with Crippen molar-refractivity contribution in [3.05, 3.63) is 22.4 Å². The summed E-state index contributed by atoms with van der Waals surface area (Å²) in [7, 11) is 0. The second kappa shape index (κ2) is 8.16. The third-order valence-corrected chi connectivity index (χ3v) is 3.21. The van der Waals surface area contributed by atoms with Crippen molar-refractivity contribution in [1.82, 2.24) is 16.0 Å². The molecule has 0 saturated heterocycles. The maximum absolute atomic E-state index is 11.5. The van der Waals surface area contributed by atoms with E-state index in [-0.39, 0.29) is 12.6 Å². The SMILES string of the molecule is CC(Cc1cccs1)NC(=O)NCC(=O)NCC(=O)O. The molecule has 0 radical (unpaired) electrons. The van der Waals surface area contributed by atoms with Crippen LogP contribution in [0, 0.1) is 0 Å². The van der Waals surface area contributed by atoms with E-state index in [1.54, 1.807) is 11.3 Å². The molecule has 0 fully saturated rings. The highest BCUT2D eigenvalue weighted by Gasteiger charge is 2.10. The Morgan fingerprint density at radius 2 is 2.05 bits per heavy atom. The van der Waals surface area contributed by atoms with E-state index in [9.17, 15) is 14.4 Å². The average Bonchev–Trinajstić information content (AvgIpc) is 2.86. The van der Waals surface area contributed by atoms with Crippen LogP contribution in [0.1, 0.15) is 11.8 Å². The van der Waals surface area contributed by atoms with Crippen LogP contribution in [0.3, 0.4) is 0 Å². The van der Waals surface area contributed by atoms with Crippen molar-refractivity contribution in [1.29, 1.82) is 0 Å². The minimum atomic E-state index is -1.13. The molecule has 0 aromatic carbocycles. The number of aliphatic carboxylic acids is 1. The van der Waals surface area contributed by atoms with Crippen LogP contribution < -0.4 is 16.0 Å². The molecule has 0 bridgehead atoms. The van der Waals surface area contributed by atoms with Crippen LogP contribution in [0.5, 0.6) is 0 Å². The molecule has 1 atom stereocenters. The molecule has 0 aliphatic carbocycles. The summed E-state index contributed by atoms with van der Waals surface area (Å²) in [6, 6.07) is 3.41. The number of carboxylic acids is 1. The molecule has 20 heavy (non-hydrogen) atoms. The van der Waals surface area contributed by atoms with Crippen LogP contribution in [0.2, 0.25) is 0 Å². The van der Waals surface area contributed by atoms with E-state index in [4.69, 9.17) is 5.11 Å². The van der Waals surface area contributed by atoms with Gasteiger partial charge in [0.05, 0.1) is 6.54 Å². The van der Waals surface area contributed by atoms with Crippen LogP contribution in [0.15, 0.2) is 17.5 Å². The zero-order chi connectivity index (χ0) is 15.0. The van der Waals surface area contributed by atoms with Gasteiger partial charge in [-0.3, -0.25) is 9.59 Å². The van der Waals surface area contributed by atoms with Crippen LogP contribution in [-0.4, -0.2) is 42.1 Å². The molecule has 0 spiro atoms. The van der Waals surface area contributed by atoms with Crippen molar-refractivity contribution < 1.29 is 19.5 Å². The number of hydrogen-bond acceptors (Lipinski definition) is 4. The molecule has 0 aliphatic heterocycles. The van der Waals surface area contributed by atoms with Crippen molar-refractivity contribution in [3.8, 4) is 0 Å². The maximum Gasteiger partial charge on any atom is 0.322 e. The molecule has 1 heterocycles. The molecular weight excluding hydrogens is 282 g/mol. The molecule has 1 aromatic rings. The zero-order valence-electron chi connectivity index (χ0n) is 11.0. The molecule has 110 valence electrons. The Labute approximate surface area is 120 Å². The minimum absolute atomic E-state index is 0.0595. The van der Waals surface area contributed by atoms with Gasteiger partial charge in [0.1, 0.15) is 6.54 Å². The Balaban J connectivity index is 2.19. The molecule has 0 saturated carbocycles. The Hall–Kier alpha value is -2.09. The highest BCUT2D eigenvalue weighted by Crippen LogP contribution is 2.10. The molecule has 1 rings (SSSR count). The van der Waals surface area contributed by atoms with Crippen LogP contribution in [-0.2, 0) is 16.0 Å². The molecule has 3 amide bonds. The largest absolute Gasteiger partial charge is 0.480 e. The first kappa shape index (κ1) is 16.0. The number of carboxylic acid groups (broad SMARTS) is 1. The van der Waals surface area contributed by atoms with E-state index in [2.05, 4.69) is 16.0 Å². The van der Waals surface area contributed by atoms with E-state index in [0.29, 0.717) is 0 Å². The molecular formula is C12H17N3O4S. The number of amides is 3. The van der Waals surface area contributed by atoms with Gasteiger partial charge in [-0.05, 0) is 18.4 Å². The fraction of sp³-hybridized carbons (Fsp3) is 0.417. The highest BCUT2D eigenvalue weighted by molar-refractivity contribution is 7.09. The second-order valence-electron chi connectivity index (χ2n) is 4.18. The third kappa shape index (κ3) is 6.74. The molecule has 0 aliphatic rings. The fourth-order valence-corrected chi connectivity index (χ4v) is 2.29. The fourth-order valence-electron chi connectivity index (χ4n) is 1.45. The Kier molecular flexibility index (Phi) is 6.51. The van der Waals surface area contributed by atoms with E-state index in [0.717, 1.165) is 11.3 Å². The Morgan fingerprint density at radius 3 is 2.65 bits per heavy atom. The van der Waals surface area contributed by atoms with Gasteiger partial charge in [-0.2, -0.15) is 0 Å². The van der Waals surface area contributed by atoms with E-state index >= 15 is 0 Å². The topological polar surface area (TPSA) is 108 Å². The van der Waals surface area contributed by atoms with Crippen molar-refractivity contribution >= 4 is 29.2 Å². The number of carbonyl (C=O) groups is 3. The van der Waals surface area contributed by atoms with Crippen molar-refractivity contribution in [3.63, 3.8) is 0 Å². The number of carbonyl (C=O) groups excluding carboxylic acids is 2. The number of rotatable bonds is 7. The Morgan fingerprint density at radius 1 is 1.30 bits per heavy atom. The first-order valence-corrected chi connectivity index (χ1v) is 6.90. The number of thiophene rings is 1. The number of urea groups is 1. The summed E-state index contributed by atoms with van der Waals surface area (Å²) in [5.41, 5.74) is 0. The molecule has 1 unspecified atom stereocenters. The lowest BCUT2D eigenvalue weighted by molar-refractivity contribution is -0.137. The summed E-state index contributed by atoms with van der Waals surface area (Å²) >= 11 is 1.61. The normalized spacial score (nSPS) is 11.4. The first-order valence-electron chi connectivity index (χ1n) is 6.02. The Bertz CT molecular complexity index is 461. The quantitative estimate of drug-likeness (QED) is 0.576. The molecule has 7 nitrogen and oxygen atoms in total. The standard InChI is InChI=1S/C12H17N3O4S/c1-8(5-9-3-2-4-20-9)15-12(19)14-6-10(16)13-7-11(17)18/h2-4,8H,5-7H2,1H3,(H,13,16)(H,17,18)(H2,14,15,19). The molecule has 1 aromatic heterocycles. The zero-order valence-corrected chi connectivity index (χ0v) is 11.8. The summed E-state index contributed by atoms with van der Waals surface area (Å²) in [4.78, 5) is 34.1. The van der Waals surface area contributed by atoms with E-state index in [1.165, 1.54) is 0 Å². The van der Waals surface area contributed by atoms with Gasteiger partial charge < -0.3 is 21.1 Å². The third-order valence-electron chi connectivity index (χ3n) is 2.31. The minimum Gasteiger partial charge on any atom is -0.480 e. The van der Waals surface area contributed by atoms with E-state index < -0.39 is 24.5 Å². The van der Waals surface area contributed by atoms with Gasteiger partial charge in [0.15, 0.2) is 0 Å². The van der Waals surface area contributed by atoms with Gasteiger partial charge in [-0.1, -0.05) is 6.07 Å².